The molecule has 1 saturated heterocycles. The standard InChI is InChI=1S/C4H7N3OS/c1-2-3(9)5-4(8)7-6-2/h2,6H,1H3,(H2,5,7,8,9). The van der Waals surface area contributed by atoms with Crippen molar-refractivity contribution in [1.29, 1.82) is 0 Å². The minimum absolute atomic E-state index is 0.0256. The molecule has 1 rings (SSSR count). The molecule has 1 fully saturated rings. The molecule has 1 aliphatic heterocycles. The van der Waals surface area contributed by atoms with Gasteiger partial charge in [-0.15, -0.1) is 0 Å². The van der Waals surface area contributed by atoms with Gasteiger partial charge in [-0.3, -0.25) is 10.7 Å². The van der Waals surface area contributed by atoms with Crippen LogP contribution in [0.1, 0.15) is 6.92 Å². The van der Waals surface area contributed by atoms with Crippen molar-refractivity contribution in [2.75, 3.05) is 0 Å². The summed E-state index contributed by atoms with van der Waals surface area (Å²) < 4.78 is 0. The van der Waals surface area contributed by atoms with Gasteiger partial charge in [0.25, 0.3) is 0 Å². The van der Waals surface area contributed by atoms with E-state index in [0.29, 0.717) is 4.99 Å². The Morgan fingerprint density at radius 2 is 2.33 bits per heavy atom. The summed E-state index contributed by atoms with van der Waals surface area (Å²) in [4.78, 5) is 11.0. The van der Waals surface area contributed by atoms with Crippen LogP contribution >= 0.6 is 12.2 Å². The zero-order valence-corrected chi connectivity index (χ0v) is 5.71. The Hall–Kier alpha value is -0.680. The number of carbonyl (C=O) groups excluding carboxylic acids is 1. The van der Waals surface area contributed by atoms with Gasteiger partial charge in [0.1, 0.15) is 4.99 Å². The van der Waals surface area contributed by atoms with Crippen molar-refractivity contribution in [3.8, 4) is 0 Å². The quantitative estimate of drug-likeness (QED) is 0.403. The van der Waals surface area contributed by atoms with E-state index in [1.165, 1.54) is 0 Å². The molecule has 1 heterocycles. The highest BCUT2D eigenvalue weighted by Crippen LogP contribution is 1.86. The molecule has 0 bridgehead atoms. The van der Waals surface area contributed by atoms with E-state index in [9.17, 15) is 4.79 Å². The highest BCUT2D eigenvalue weighted by molar-refractivity contribution is 7.80. The SMILES string of the molecule is CC1NNC(=O)NC1=S. The number of nitrogens with one attached hydrogen (secondary N) is 3. The fourth-order valence-electron chi connectivity index (χ4n) is 0.491. The molecule has 0 aromatic carbocycles. The Morgan fingerprint density at radius 1 is 1.67 bits per heavy atom. The second kappa shape index (κ2) is 2.28. The summed E-state index contributed by atoms with van der Waals surface area (Å²) in [6.45, 7) is 1.86. The summed E-state index contributed by atoms with van der Waals surface area (Å²) >= 11 is 4.77. The third-order valence-electron chi connectivity index (χ3n) is 1.03. The second-order valence-corrected chi connectivity index (χ2v) is 2.25. The van der Waals surface area contributed by atoms with E-state index >= 15 is 0 Å². The third kappa shape index (κ3) is 1.36. The van der Waals surface area contributed by atoms with Crippen LogP contribution in [0, 0.1) is 0 Å². The first-order valence-corrected chi connectivity index (χ1v) is 2.97. The molecule has 1 atom stereocenters. The first kappa shape index (κ1) is 6.44. The van der Waals surface area contributed by atoms with E-state index in [-0.39, 0.29) is 12.1 Å². The van der Waals surface area contributed by atoms with Crippen LogP contribution in [0.25, 0.3) is 0 Å². The lowest BCUT2D eigenvalue weighted by Gasteiger charge is -2.21. The second-order valence-electron chi connectivity index (χ2n) is 1.81. The Balaban J connectivity index is 2.54. The normalized spacial score (nSPS) is 27.0. The number of amides is 2. The maximum absolute atomic E-state index is 10.4. The third-order valence-corrected chi connectivity index (χ3v) is 1.49. The summed E-state index contributed by atoms with van der Waals surface area (Å²) in [7, 11) is 0. The molecule has 50 valence electrons. The number of thiocarbonyl (C=S) groups is 1. The maximum Gasteiger partial charge on any atom is 0.334 e. The summed E-state index contributed by atoms with van der Waals surface area (Å²) in [6.07, 6.45) is 0. The summed E-state index contributed by atoms with van der Waals surface area (Å²) in [5.74, 6) is 0. The largest absolute Gasteiger partial charge is 0.334 e. The Bertz CT molecular complexity index is 158. The monoisotopic (exact) mass is 145 g/mol. The van der Waals surface area contributed by atoms with Crippen LogP contribution < -0.4 is 16.2 Å². The molecule has 1 aliphatic rings. The Kier molecular flexibility index (Phi) is 1.63. The van der Waals surface area contributed by atoms with Crippen molar-refractivity contribution in [3.63, 3.8) is 0 Å². The zero-order valence-electron chi connectivity index (χ0n) is 4.89. The smallest absolute Gasteiger partial charge is 0.300 e. The van der Waals surface area contributed by atoms with Crippen LogP contribution in [-0.2, 0) is 0 Å². The van der Waals surface area contributed by atoms with Gasteiger partial charge in [-0.05, 0) is 6.92 Å². The highest BCUT2D eigenvalue weighted by atomic mass is 32.1. The minimum Gasteiger partial charge on any atom is -0.300 e. The molecule has 9 heavy (non-hydrogen) atoms. The molecule has 5 heteroatoms. The van der Waals surface area contributed by atoms with Gasteiger partial charge in [0.2, 0.25) is 0 Å². The Morgan fingerprint density at radius 3 is 2.78 bits per heavy atom. The van der Waals surface area contributed by atoms with Crippen LogP contribution in [-0.4, -0.2) is 17.1 Å². The van der Waals surface area contributed by atoms with Crippen molar-refractivity contribution in [2.24, 2.45) is 0 Å². The first-order chi connectivity index (χ1) is 4.20. The van der Waals surface area contributed by atoms with Crippen LogP contribution in [0.3, 0.4) is 0 Å². The van der Waals surface area contributed by atoms with E-state index in [1.54, 1.807) is 0 Å². The van der Waals surface area contributed by atoms with Crippen molar-refractivity contribution < 1.29 is 4.79 Å². The maximum atomic E-state index is 10.4. The molecule has 2 amide bonds. The van der Waals surface area contributed by atoms with E-state index in [4.69, 9.17) is 12.2 Å². The van der Waals surface area contributed by atoms with Gasteiger partial charge in [-0.25, -0.2) is 10.2 Å². The van der Waals surface area contributed by atoms with Crippen molar-refractivity contribution >= 4 is 23.2 Å². The fourth-order valence-corrected chi connectivity index (χ4v) is 0.642. The average Bonchev–Trinajstić information content (AvgIpc) is 1.80. The fraction of sp³-hybridized carbons (Fsp3) is 0.500. The van der Waals surface area contributed by atoms with Crippen LogP contribution in [0.4, 0.5) is 4.79 Å². The van der Waals surface area contributed by atoms with E-state index < -0.39 is 0 Å². The van der Waals surface area contributed by atoms with Gasteiger partial charge in [0.05, 0.1) is 6.04 Å². The molecule has 0 radical (unpaired) electrons. The van der Waals surface area contributed by atoms with Crippen molar-refractivity contribution in [2.45, 2.75) is 13.0 Å². The Labute approximate surface area is 58.0 Å². The lowest BCUT2D eigenvalue weighted by Crippen LogP contribution is -2.60. The topological polar surface area (TPSA) is 53.2 Å². The van der Waals surface area contributed by atoms with Crippen LogP contribution in [0.15, 0.2) is 0 Å². The van der Waals surface area contributed by atoms with Gasteiger partial charge in [0.15, 0.2) is 0 Å². The van der Waals surface area contributed by atoms with E-state index in [1.807, 2.05) is 6.92 Å². The van der Waals surface area contributed by atoms with Gasteiger partial charge < -0.3 is 0 Å². The number of rotatable bonds is 0. The summed E-state index contributed by atoms with van der Waals surface area (Å²) in [6, 6.07) is -0.268. The number of urea groups is 1. The molecule has 3 N–H and O–H groups in total. The molecule has 0 saturated carbocycles. The minimum atomic E-state index is -0.293. The number of hydrazine groups is 1. The molecule has 1 unspecified atom stereocenters. The van der Waals surface area contributed by atoms with E-state index in [0.717, 1.165) is 0 Å². The molecular weight excluding hydrogens is 138 g/mol. The number of hydrogen-bond acceptors (Lipinski definition) is 3. The van der Waals surface area contributed by atoms with Gasteiger partial charge >= 0.3 is 6.03 Å². The number of hydrogen-bond donors (Lipinski definition) is 3. The first-order valence-electron chi connectivity index (χ1n) is 2.56. The predicted molar refractivity (Wildman–Crippen MR) is 36.9 cm³/mol. The van der Waals surface area contributed by atoms with Crippen LogP contribution in [0.2, 0.25) is 0 Å². The van der Waals surface area contributed by atoms with Crippen LogP contribution in [0.5, 0.6) is 0 Å². The van der Waals surface area contributed by atoms with E-state index in [2.05, 4.69) is 16.2 Å². The molecule has 0 aromatic rings. The van der Waals surface area contributed by atoms with Crippen molar-refractivity contribution in [3.05, 3.63) is 0 Å². The average molecular weight is 145 g/mol. The van der Waals surface area contributed by atoms with Crippen molar-refractivity contribution in [1.82, 2.24) is 16.2 Å². The van der Waals surface area contributed by atoms with Gasteiger partial charge in [-0.1, -0.05) is 12.2 Å². The molecule has 0 aliphatic carbocycles. The highest BCUT2D eigenvalue weighted by Gasteiger charge is 2.16. The molecule has 0 spiro atoms. The van der Waals surface area contributed by atoms with Gasteiger partial charge in [0, 0.05) is 0 Å². The lowest BCUT2D eigenvalue weighted by atomic mass is 10.3. The predicted octanol–water partition coefficient (Wildman–Crippen LogP) is -0.480. The summed E-state index contributed by atoms with van der Waals surface area (Å²) in [5, 5.41) is 2.45. The molecular formula is C4H7N3OS. The van der Waals surface area contributed by atoms with Gasteiger partial charge in [-0.2, -0.15) is 0 Å². The molecule has 0 aromatic heterocycles. The summed E-state index contributed by atoms with van der Waals surface area (Å²) in [5.41, 5.74) is 5.05. The number of carbonyl (C=O) groups is 1. The zero-order chi connectivity index (χ0) is 6.85. The molecule has 4 nitrogen and oxygen atoms in total. The lowest BCUT2D eigenvalue weighted by molar-refractivity contribution is 0.237.